The van der Waals surface area contributed by atoms with Gasteiger partial charge in [0.2, 0.25) is 0 Å². The summed E-state index contributed by atoms with van der Waals surface area (Å²) >= 11 is 0. The van der Waals surface area contributed by atoms with Gasteiger partial charge in [0.15, 0.2) is 0 Å². The standard InChI is InChI=1S/C30H20/c1-5-13-25(14-6-1)21-23-29(27-17-9-3-10-18-27)30(28-19-11-4-12-20-28)24-22-26-15-7-2-8-16-26/h1-20H/b30-29+. The Balaban J connectivity index is 1.93. The van der Waals surface area contributed by atoms with Crippen molar-refractivity contribution in [2.24, 2.45) is 0 Å². The lowest BCUT2D eigenvalue weighted by Crippen LogP contribution is -1.90. The van der Waals surface area contributed by atoms with Crippen LogP contribution in [-0.2, 0) is 0 Å². The normalized spacial score (nSPS) is 10.7. The molecule has 0 aliphatic heterocycles. The van der Waals surface area contributed by atoms with Crippen LogP contribution in [0.1, 0.15) is 22.3 Å². The third-order valence-electron chi connectivity index (χ3n) is 4.59. The molecule has 0 fully saturated rings. The Hall–Kier alpha value is -4.26. The summed E-state index contributed by atoms with van der Waals surface area (Å²) in [7, 11) is 0. The summed E-state index contributed by atoms with van der Waals surface area (Å²) in [5.41, 5.74) is 5.93. The van der Waals surface area contributed by atoms with Gasteiger partial charge in [0.1, 0.15) is 0 Å². The van der Waals surface area contributed by atoms with Crippen LogP contribution in [-0.4, -0.2) is 0 Å². The van der Waals surface area contributed by atoms with Crippen LogP contribution in [0.4, 0.5) is 0 Å². The number of hydrogen-bond donors (Lipinski definition) is 0. The van der Waals surface area contributed by atoms with Crippen molar-refractivity contribution in [3.63, 3.8) is 0 Å². The van der Waals surface area contributed by atoms with Gasteiger partial charge in [-0.1, -0.05) is 121 Å². The van der Waals surface area contributed by atoms with E-state index in [1.54, 1.807) is 0 Å². The van der Waals surface area contributed by atoms with E-state index in [2.05, 4.69) is 47.9 Å². The lowest BCUT2D eigenvalue weighted by Gasteiger charge is -2.07. The van der Waals surface area contributed by atoms with Crippen LogP contribution in [0.15, 0.2) is 121 Å². The van der Waals surface area contributed by atoms with E-state index in [0.29, 0.717) is 0 Å². The van der Waals surface area contributed by atoms with Gasteiger partial charge in [-0.3, -0.25) is 0 Å². The fourth-order valence-corrected chi connectivity index (χ4v) is 3.08. The van der Waals surface area contributed by atoms with Crippen LogP contribution >= 0.6 is 0 Å². The molecule has 0 amide bonds. The minimum Gasteiger partial charge on any atom is -0.0622 e. The monoisotopic (exact) mass is 380 g/mol. The van der Waals surface area contributed by atoms with E-state index in [-0.39, 0.29) is 0 Å². The fourth-order valence-electron chi connectivity index (χ4n) is 3.08. The number of hydrogen-bond acceptors (Lipinski definition) is 0. The maximum absolute atomic E-state index is 3.41. The van der Waals surface area contributed by atoms with Gasteiger partial charge in [-0.05, 0) is 35.4 Å². The second kappa shape index (κ2) is 9.79. The minimum atomic E-state index is 0.925. The van der Waals surface area contributed by atoms with Crippen LogP contribution < -0.4 is 0 Å². The topological polar surface area (TPSA) is 0 Å². The maximum Gasteiger partial charge on any atom is 0.0484 e. The lowest BCUT2D eigenvalue weighted by atomic mass is 9.94. The van der Waals surface area contributed by atoms with E-state index in [9.17, 15) is 0 Å². The summed E-state index contributed by atoms with van der Waals surface area (Å²) in [6.45, 7) is 0. The highest BCUT2D eigenvalue weighted by Gasteiger charge is 2.08. The Bertz CT molecular complexity index is 1140. The summed E-state index contributed by atoms with van der Waals surface area (Å²) in [5, 5.41) is 0. The number of rotatable bonds is 2. The van der Waals surface area contributed by atoms with Crippen molar-refractivity contribution in [3.05, 3.63) is 144 Å². The summed E-state index contributed by atoms with van der Waals surface area (Å²) in [6, 6.07) is 40.6. The van der Waals surface area contributed by atoms with Crippen molar-refractivity contribution in [3.8, 4) is 23.7 Å². The highest BCUT2D eigenvalue weighted by atomic mass is 14.1. The van der Waals surface area contributed by atoms with E-state index in [4.69, 9.17) is 0 Å². The molecule has 0 N–H and O–H groups in total. The Kier molecular flexibility index (Phi) is 6.22. The highest BCUT2D eigenvalue weighted by Crippen LogP contribution is 2.26. The fraction of sp³-hybridized carbons (Fsp3) is 0. The Morgan fingerprint density at radius 1 is 0.367 bits per heavy atom. The third-order valence-corrected chi connectivity index (χ3v) is 4.59. The van der Waals surface area contributed by atoms with Crippen molar-refractivity contribution < 1.29 is 0 Å². The molecule has 140 valence electrons. The molecule has 0 spiro atoms. The second-order valence-corrected chi connectivity index (χ2v) is 6.71. The first kappa shape index (κ1) is 19.1. The highest BCUT2D eigenvalue weighted by molar-refractivity contribution is 6.04. The molecule has 0 aliphatic rings. The average molecular weight is 380 g/mol. The maximum atomic E-state index is 3.41. The van der Waals surface area contributed by atoms with E-state index in [0.717, 1.165) is 33.4 Å². The molecule has 4 aromatic rings. The van der Waals surface area contributed by atoms with E-state index >= 15 is 0 Å². The molecule has 0 aromatic heterocycles. The average Bonchev–Trinajstić information content (AvgIpc) is 2.83. The van der Waals surface area contributed by atoms with E-state index < -0.39 is 0 Å². The SMILES string of the molecule is C(#Cc1ccccc1)/C(=C(/C#Cc1ccccc1)c1ccccc1)c1ccccc1. The van der Waals surface area contributed by atoms with Crippen molar-refractivity contribution in [2.45, 2.75) is 0 Å². The molecule has 0 atom stereocenters. The first-order valence-corrected chi connectivity index (χ1v) is 9.89. The van der Waals surface area contributed by atoms with E-state index in [1.165, 1.54) is 0 Å². The summed E-state index contributed by atoms with van der Waals surface area (Å²) < 4.78 is 0. The smallest absolute Gasteiger partial charge is 0.0484 e. The Labute approximate surface area is 178 Å². The van der Waals surface area contributed by atoms with Crippen LogP contribution in [0.25, 0.3) is 11.1 Å². The summed E-state index contributed by atoms with van der Waals surface area (Å²) in [4.78, 5) is 0. The molecule has 0 heteroatoms. The van der Waals surface area contributed by atoms with Crippen LogP contribution in [0.2, 0.25) is 0 Å². The largest absolute Gasteiger partial charge is 0.0622 e. The molecule has 4 aromatic carbocycles. The minimum absolute atomic E-state index is 0.925. The first-order chi connectivity index (χ1) is 14.9. The predicted molar refractivity (Wildman–Crippen MR) is 126 cm³/mol. The molecule has 0 unspecified atom stereocenters. The molecule has 0 radical (unpaired) electrons. The Morgan fingerprint density at radius 3 is 1.00 bits per heavy atom. The molecule has 0 saturated heterocycles. The zero-order valence-corrected chi connectivity index (χ0v) is 16.5. The number of allylic oxidation sites excluding steroid dienone is 2. The van der Waals surface area contributed by atoms with E-state index in [1.807, 2.05) is 97.1 Å². The predicted octanol–water partition coefficient (Wildman–Crippen LogP) is 6.70. The third kappa shape index (κ3) is 4.96. The summed E-state index contributed by atoms with van der Waals surface area (Å²) in [6.07, 6.45) is 0. The Morgan fingerprint density at radius 2 is 0.667 bits per heavy atom. The van der Waals surface area contributed by atoms with Crippen LogP contribution in [0, 0.1) is 23.7 Å². The van der Waals surface area contributed by atoms with Crippen molar-refractivity contribution in [2.75, 3.05) is 0 Å². The summed E-state index contributed by atoms with van der Waals surface area (Å²) in [5.74, 6) is 13.5. The molecule has 0 bridgehead atoms. The van der Waals surface area contributed by atoms with Crippen molar-refractivity contribution in [1.82, 2.24) is 0 Å². The zero-order chi connectivity index (χ0) is 20.4. The van der Waals surface area contributed by atoms with Crippen LogP contribution in [0.3, 0.4) is 0 Å². The molecule has 30 heavy (non-hydrogen) atoms. The van der Waals surface area contributed by atoms with Gasteiger partial charge in [-0.2, -0.15) is 0 Å². The van der Waals surface area contributed by atoms with Gasteiger partial charge in [-0.25, -0.2) is 0 Å². The molecule has 0 heterocycles. The van der Waals surface area contributed by atoms with Crippen molar-refractivity contribution in [1.29, 1.82) is 0 Å². The van der Waals surface area contributed by atoms with Crippen LogP contribution in [0.5, 0.6) is 0 Å². The second-order valence-electron chi connectivity index (χ2n) is 6.71. The first-order valence-electron chi connectivity index (χ1n) is 9.89. The molecule has 0 nitrogen and oxygen atoms in total. The molecular weight excluding hydrogens is 360 g/mol. The molecular formula is C30H20. The number of benzene rings is 4. The zero-order valence-electron chi connectivity index (χ0n) is 16.5. The van der Waals surface area contributed by atoms with Gasteiger partial charge in [-0.15, -0.1) is 0 Å². The molecule has 0 saturated carbocycles. The van der Waals surface area contributed by atoms with Gasteiger partial charge in [0.25, 0.3) is 0 Å². The lowest BCUT2D eigenvalue weighted by molar-refractivity contribution is 1.60. The van der Waals surface area contributed by atoms with Gasteiger partial charge < -0.3 is 0 Å². The van der Waals surface area contributed by atoms with Gasteiger partial charge >= 0.3 is 0 Å². The van der Waals surface area contributed by atoms with Gasteiger partial charge in [0.05, 0.1) is 0 Å². The van der Waals surface area contributed by atoms with Crippen molar-refractivity contribution >= 4 is 11.1 Å². The molecule has 0 aliphatic carbocycles. The quantitative estimate of drug-likeness (QED) is 0.268. The van der Waals surface area contributed by atoms with Gasteiger partial charge in [0, 0.05) is 22.3 Å². The molecule has 4 rings (SSSR count).